The maximum Gasteiger partial charge on any atom is 0.323 e. The first-order valence-corrected chi connectivity index (χ1v) is 10.7. The number of urea groups is 1. The van der Waals surface area contributed by atoms with Gasteiger partial charge in [-0.25, -0.2) is 14.5 Å². The molecule has 2 aromatic heterocycles. The first kappa shape index (κ1) is 22.1. The second-order valence-electron chi connectivity index (χ2n) is 8.71. The van der Waals surface area contributed by atoms with Crippen molar-refractivity contribution in [1.29, 1.82) is 0 Å². The minimum absolute atomic E-state index is 0.1000. The van der Waals surface area contributed by atoms with Gasteiger partial charge in [-0.1, -0.05) is 39.0 Å². The molecule has 0 saturated carbocycles. The molecule has 2 N–H and O–H groups in total. The number of amides is 2. The molecule has 0 aliphatic carbocycles. The van der Waals surface area contributed by atoms with Gasteiger partial charge in [-0.05, 0) is 60.9 Å². The molecule has 0 bridgehead atoms. The fourth-order valence-electron chi connectivity index (χ4n) is 3.46. The van der Waals surface area contributed by atoms with Gasteiger partial charge in [0.25, 0.3) is 0 Å². The van der Waals surface area contributed by atoms with Crippen LogP contribution in [0, 0.1) is 6.92 Å². The highest BCUT2D eigenvalue weighted by atomic mass is 16.5. The molecule has 7 nitrogen and oxygen atoms in total. The van der Waals surface area contributed by atoms with Crippen LogP contribution in [0.1, 0.15) is 32.0 Å². The first-order chi connectivity index (χ1) is 15.8. The van der Waals surface area contributed by atoms with Gasteiger partial charge in [0, 0.05) is 29.3 Å². The molecule has 2 amide bonds. The summed E-state index contributed by atoms with van der Waals surface area (Å²) in [4.78, 5) is 17.0. The van der Waals surface area contributed by atoms with E-state index in [9.17, 15) is 4.79 Å². The Bertz CT molecular complexity index is 1260. The lowest BCUT2D eigenvalue weighted by molar-refractivity contribution is 0.262. The summed E-state index contributed by atoms with van der Waals surface area (Å²) in [6.45, 7) is 8.36. The quantitative estimate of drug-likeness (QED) is 0.380. The Balaban J connectivity index is 1.47. The van der Waals surface area contributed by atoms with Gasteiger partial charge in [0.05, 0.1) is 5.69 Å². The SMILES string of the molecule is Cc1ccnn1-c1ccc(NC(=O)Nc2cccnc2Oc2ccccc2C(C)(C)C)cc1. The van der Waals surface area contributed by atoms with E-state index < -0.39 is 0 Å². The van der Waals surface area contributed by atoms with Gasteiger partial charge < -0.3 is 15.4 Å². The van der Waals surface area contributed by atoms with E-state index in [1.54, 1.807) is 24.5 Å². The van der Waals surface area contributed by atoms with Crippen LogP contribution in [0.5, 0.6) is 11.6 Å². The number of benzene rings is 2. The third-order valence-electron chi connectivity index (χ3n) is 5.12. The molecular formula is C26H27N5O2. The van der Waals surface area contributed by atoms with Crippen LogP contribution in [0.4, 0.5) is 16.2 Å². The monoisotopic (exact) mass is 441 g/mol. The average Bonchev–Trinajstić information content (AvgIpc) is 3.21. The van der Waals surface area contributed by atoms with E-state index in [1.807, 2.05) is 66.2 Å². The number of hydrogen-bond donors (Lipinski definition) is 2. The zero-order valence-electron chi connectivity index (χ0n) is 19.2. The molecule has 0 unspecified atom stereocenters. The van der Waals surface area contributed by atoms with Crippen LogP contribution in [0.15, 0.2) is 79.1 Å². The fraction of sp³-hybridized carbons (Fsp3) is 0.192. The molecule has 168 valence electrons. The van der Waals surface area contributed by atoms with Gasteiger partial charge >= 0.3 is 6.03 Å². The van der Waals surface area contributed by atoms with E-state index in [2.05, 4.69) is 41.5 Å². The van der Waals surface area contributed by atoms with Crippen molar-refractivity contribution in [1.82, 2.24) is 14.8 Å². The van der Waals surface area contributed by atoms with Crippen molar-refractivity contribution in [3.63, 3.8) is 0 Å². The van der Waals surface area contributed by atoms with Gasteiger partial charge in [0.1, 0.15) is 11.4 Å². The third kappa shape index (κ3) is 5.20. The molecule has 2 heterocycles. The van der Waals surface area contributed by atoms with E-state index in [0.717, 1.165) is 16.9 Å². The number of nitrogens with one attached hydrogen (secondary N) is 2. The molecule has 4 rings (SSSR count). The highest BCUT2D eigenvalue weighted by Gasteiger charge is 2.20. The summed E-state index contributed by atoms with van der Waals surface area (Å²) in [5, 5.41) is 9.97. The lowest BCUT2D eigenvalue weighted by Crippen LogP contribution is -2.20. The molecule has 0 atom stereocenters. The summed E-state index contributed by atoms with van der Waals surface area (Å²) in [6.07, 6.45) is 3.39. The number of ether oxygens (including phenoxy) is 1. The van der Waals surface area contributed by atoms with Gasteiger partial charge in [-0.2, -0.15) is 5.10 Å². The summed E-state index contributed by atoms with van der Waals surface area (Å²) in [7, 11) is 0. The molecule has 0 aliphatic heterocycles. The lowest BCUT2D eigenvalue weighted by Gasteiger charge is -2.22. The molecule has 0 saturated heterocycles. The maximum atomic E-state index is 12.7. The average molecular weight is 442 g/mol. The van der Waals surface area contributed by atoms with Crippen molar-refractivity contribution < 1.29 is 9.53 Å². The Morgan fingerprint density at radius 3 is 2.36 bits per heavy atom. The summed E-state index contributed by atoms with van der Waals surface area (Å²) in [5.74, 6) is 1.03. The minimum atomic E-state index is -0.389. The molecule has 0 radical (unpaired) electrons. The predicted molar refractivity (Wildman–Crippen MR) is 130 cm³/mol. The lowest BCUT2D eigenvalue weighted by atomic mass is 9.86. The van der Waals surface area contributed by atoms with Crippen LogP contribution in [-0.2, 0) is 5.41 Å². The highest BCUT2D eigenvalue weighted by Crippen LogP contribution is 2.35. The topological polar surface area (TPSA) is 81.1 Å². The summed E-state index contributed by atoms with van der Waals surface area (Å²) >= 11 is 0. The van der Waals surface area contributed by atoms with Crippen LogP contribution in [-0.4, -0.2) is 20.8 Å². The van der Waals surface area contributed by atoms with Gasteiger partial charge in [0.2, 0.25) is 5.88 Å². The van der Waals surface area contributed by atoms with Crippen molar-refractivity contribution in [3.05, 3.63) is 90.4 Å². The van der Waals surface area contributed by atoms with Crippen LogP contribution in [0.3, 0.4) is 0 Å². The standard InChI is InChI=1S/C26H27N5O2/c1-18-15-17-28-31(18)20-13-11-19(12-14-20)29-25(32)30-22-9-7-16-27-24(22)33-23-10-6-5-8-21(23)26(2,3)4/h5-17H,1-4H3,(H2,29,30,32). The van der Waals surface area contributed by atoms with E-state index in [1.165, 1.54) is 0 Å². The second kappa shape index (κ2) is 9.16. The van der Waals surface area contributed by atoms with Crippen LogP contribution >= 0.6 is 0 Å². The van der Waals surface area contributed by atoms with Crippen molar-refractivity contribution in [2.45, 2.75) is 33.1 Å². The number of carbonyl (C=O) groups excluding carboxylic acids is 1. The number of carbonyl (C=O) groups is 1. The van der Waals surface area contributed by atoms with Crippen LogP contribution < -0.4 is 15.4 Å². The molecule has 0 spiro atoms. The van der Waals surface area contributed by atoms with E-state index in [-0.39, 0.29) is 11.4 Å². The number of aryl methyl sites for hydroxylation is 1. The number of nitrogens with zero attached hydrogens (tertiary/aromatic N) is 3. The maximum absolute atomic E-state index is 12.7. The number of hydrogen-bond acceptors (Lipinski definition) is 4. The Hall–Kier alpha value is -4.13. The van der Waals surface area contributed by atoms with E-state index >= 15 is 0 Å². The number of pyridine rings is 1. The van der Waals surface area contributed by atoms with E-state index in [4.69, 9.17) is 4.74 Å². The molecular weight excluding hydrogens is 414 g/mol. The second-order valence-corrected chi connectivity index (χ2v) is 8.71. The number of aromatic nitrogens is 3. The summed E-state index contributed by atoms with van der Waals surface area (Å²) < 4.78 is 7.96. The van der Waals surface area contributed by atoms with E-state index in [0.29, 0.717) is 23.0 Å². The van der Waals surface area contributed by atoms with Gasteiger partial charge in [-0.15, -0.1) is 0 Å². The van der Waals surface area contributed by atoms with Crippen molar-refractivity contribution >= 4 is 17.4 Å². The van der Waals surface area contributed by atoms with Crippen LogP contribution in [0.25, 0.3) is 5.69 Å². The zero-order chi connectivity index (χ0) is 23.4. The molecule has 2 aromatic carbocycles. The van der Waals surface area contributed by atoms with Crippen LogP contribution in [0.2, 0.25) is 0 Å². The van der Waals surface area contributed by atoms with Crippen molar-refractivity contribution in [2.24, 2.45) is 0 Å². The summed E-state index contributed by atoms with van der Waals surface area (Å²) in [5.41, 5.74) is 4.04. The van der Waals surface area contributed by atoms with Gasteiger partial charge in [0.15, 0.2) is 0 Å². The molecule has 7 heteroatoms. The van der Waals surface area contributed by atoms with Crippen molar-refractivity contribution in [2.75, 3.05) is 10.6 Å². The zero-order valence-corrected chi connectivity index (χ0v) is 19.2. The Morgan fingerprint density at radius 2 is 1.67 bits per heavy atom. The predicted octanol–water partition coefficient (Wildman–Crippen LogP) is 6.31. The minimum Gasteiger partial charge on any atom is -0.437 e. The summed E-state index contributed by atoms with van der Waals surface area (Å²) in [6, 6.07) is 20.4. The first-order valence-electron chi connectivity index (χ1n) is 10.7. The number of anilines is 2. The Kier molecular flexibility index (Phi) is 6.13. The molecule has 0 aliphatic rings. The Labute approximate surface area is 193 Å². The smallest absolute Gasteiger partial charge is 0.323 e. The molecule has 0 fully saturated rings. The van der Waals surface area contributed by atoms with Crippen molar-refractivity contribution in [3.8, 4) is 17.3 Å². The molecule has 4 aromatic rings. The number of rotatable bonds is 5. The normalized spacial score (nSPS) is 11.2. The molecule has 33 heavy (non-hydrogen) atoms. The van der Waals surface area contributed by atoms with Gasteiger partial charge in [-0.3, -0.25) is 0 Å². The fourth-order valence-corrected chi connectivity index (χ4v) is 3.46. The third-order valence-corrected chi connectivity index (χ3v) is 5.12. The highest BCUT2D eigenvalue weighted by molar-refractivity contribution is 6.00. The Morgan fingerprint density at radius 1 is 0.909 bits per heavy atom. The largest absolute Gasteiger partial charge is 0.437 e. The number of para-hydroxylation sites is 1.